The normalized spacial score (nSPS) is 13.9. The zero-order chi connectivity index (χ0) is 12.1. The molecule has 0 bridgehead atoms. The summed E-state index contributed by atoms with van der Waals surface area (Å²) in [6.45, 7) is 1.91. The Morgan fingerprint density at radius 2 is 2.18 bits per heavy atom. The minimum absolute atomic E-state index is 0.627. The number of fused-ring (bicyclic) bond motifs is 1. The minimum atomic E-state index is 0.627. The molecule has 0 aromatic carbocycles. The van der Waals surface area contributed by atoms with E-state index in [2.05, 4.69) is 9.97 Å². The molecule has 1 aliphatic rings. The molecule has 2 rings (SSSR count). The first-order valence-corrected chi connectivity index (χ1v) is 6.39. The van der Waals surface area contributed by atoms with Crippen molar-refractivity contribution in [3.8, 4) is 0 Å². The molecule has 5 heteroatoms. The van der Waals surface area contributed by atoms with Gasteiger partial charge in [-0.05, 0) is 19.3 Å². The third kappa shape index (κ3) is 3.34. The number of hydrogen-bond acceptors (Lipinski definition) is 4. The van der Waals surface area contributed by atoms with Crippen molar-refractivity contribution >= 4 is 12.2 Å². The van der Waals surface area contributed by atoms with Gasteiger partial charge < -0.3 is 14.5 Å². The van der Waals surface area contributed by atoms with Crippen LogP contribution in [-0.4, -0.2) is 36.9 Å². The van der Waals surface area contributed by atoms with E-state index in [-0.39, 0.29) is 0 Å². The fourth-order valence-electron chi connectivity index (χ4n) is 2.04. The number of nitrogens with zero attached hydrogens (tertiary/aromatic N) is 1. The van der Waals surface area contributed by atoms with Crippen LogP contribution in [-0.2, 0) is 28.7 Å². The van der Waals surface area contributed by atoms with Crippen molar-refractivity contribution in [3.05, 3.63) is 21.7 Å². The first-order valence-electron chi connectivity index (χ1n) is 5.99. The Kier molecular flexibility index (Phi) is 4.65. The summed E-state index contributed by atoms with van der Waals surface area (Å²) >= 11 is 5.29. The van der Waals surface area contributed by atoms with Crippen molar-refractivity contribution in [1.82, 2.24) is 9.97 Å². The highest BCUT2D eigenvalue weighted by atomic mass is 32.1. The van der Waals surface area contributed by atoms with Gasteiger partial charge in [0.05, 0.1) is 19.8 Å². The van der Waals surface area contributed by atoms with Crippen molar-refractivity contribution in [1.29, 1.82) is 0 Å². The SMILES string of the molecule is COCCOCCc1nc(=S)c2c([nH]1)CCC2. The number of rotatable bonds is 6. The van der Waals surface area contributed by atoms with Gasteiger partial charge in [-0.1, -0.05) is 12.2 Å². The van der Waals surface area contributed by atoms with Crippen LogP contribution in [0.25, 0.3) is 0 Å². The van der Waals surface area contributed by atoms with E-state index in [1.165, 1.54) is 17.7 Å². The van der Waals surface area contributed by atoms with Crippen molar-refractivity contribution in [2.45, 2.75) is 25.7 Å². The van der Waals surface area contributed by atoms with E-state index < -0.39 is 0 Å². The van der Waals surface area contributed by atoms with Crippen LogP contribution in [0, 0.1) is 4.64 Å². The van der Waals surface area contributed by atoms with Crippen molar-refractivity contribution in [2.75, 3.05) is 26.9 Å². The molecule has 0 saturated heterocycles. The van der Waals surface area contributed by atoms with Gasteiger partial charge in [0.2, 0.25) is 0 Å². The average molecular weight is 254 g/mol. The molecular weight excluding hydrogens is 236 g/mol. The van der Waals surface area contributed by atoms with E-state index >= 15 is 0 Å². The Bertz CT molecular complexity index is 431. The maximum atomic E-state index is 5.42. The van der Waals surface area contributed by atoms with Gasteiger partial charge in [-0.3, -0.25) is 0 Å². The van der Waals surface area contributed by atoms with E-state index in [9.17, 15) is 0 Å². The van der Waals surface area contributed by atoms with Gasteiger partial charge in [0, 0.05) is 24.8 Å². The van der Waals surface area contributed by atoms with Crippen LogP contribution in [0.3, 0.4) is 0 Å². The molecule has 94 valence electrons. The molecule has 0 unspecified atom stereocenters. The predicted molar refractivity (Wildman–Crippen MR) is 67.8 cm³/mol. The lowest BCUT2D eigenvalue weighted by atomic mass is 10.2. The second-order valence-electron chi connectivity index (χ2n) is 4.15. The maximum absolute atomic E-state index is 5.42. The second kappa shape index (κ2) is 6.23. The number of nitrogens with one attached hydrogen (secondary N) is 1. The highest BCUT2D eigenvalue weighted by Crippen LogP contribution is 2.20. The molecular formula is C12H18N2O2S. The molecule has 1 heterocycles. The quantitative estimate of drug-likeness (QED) is 0.621. The van der Waals surface area contributed by atoms with E-state index in [1.54, 1.807) is 7.11 Å². The first kappa shape index (κ1) is 12.7. The molecule has 0 radical (unpaired) electrons. The van der Waals surface area contributed by atoms with Crippen LogP contribution in [0.5, 0.6) is 0 Å². The summed E-state index contributed by atoms with van der Waals surface area (Å²) in [5, 5.41) is 0. The topological polar surface area (TPSA) is 47.1 Å². The lowest BCUT2D eigenvalue weighted by Crippen LogP contribution is -2.08. The van der Waals surface area contributed by atoms with Crippen molar-refractivity contribution in [2.24, 2.45) is 0 Å². The lowest BCUT2D eigenvalue weighted by Gasteiger charge is -2.06. The molecule has 17 heavy (non-hydrogen) atoms. The number of ether oxygens (including phenoxy) is 2. The van der Waals surface area contributed by atoms with Crippen LogP contribution >= 0.6 is 12.2 Å². The first-order chi connectivity index (χ1) is 8.31. The van der Waals surface area contributed by atoms with Crippen LogP contribution in [0.2, 0.25) is 0 Å². The van der Waals surface area contributed by atoms with Crippen LogP contribution in [0.4, 0.5) is 0 Å². The number of aromatic nitrogens is 2. The summed E-state index contributed by atoms with van der Waals surface area (Å²) in [5.74, 6) is 0.938. The number of aryl methyl sites for hydroxylation is 1. The molecule has 0 spiro atoms. The number of H-pyrrole nitrogens is 1. The highest BCUT2D eigenvalue weighted by Gasteiger charge is 2.14. The molecule has 1 aromatic rings. The van der Waals surface area contributed by atoms with E-state index in [0.29, 0.717) is 19.8 Å². The Balaban J connectivity index is 1.89. The van der Waals surface area contributed by atoms with Gasteiger partial charge in [0.15, 0.2) is 0 Å². The number of hydrogen-bond donors (Lipinski definition) is 1. The third-order valence-corrected chi connectivity index (χ3v) is 3.26. The van der Waals surface area contributed by atoms with E-state index in [4.69, 9.17) is 21.7 Å². The molecule has 1 aliphatic carbocycles. The Morgan fingerprint density at radius 3 is 3.00 bits per heavy atom. The van der Waals surface area contributed by atoms with Gasteiger partial charge in [-0.25, -0.2) is 4.98 Å². The molecule has 4 nitrogen and oxygen atoms in total. The standard InChI is InChI=1S/C12H18N2O2S/c1-15-7-8-16-6-5-11-13-10-4-2-3-9(10)12(17)14-11/h2-8H2,1H3,(H,13,14,17). The lowest BCUT2D eigenvalue weighted by molar-refractivity contribution is 0.0716. The van der Waals surface area contributed by atoms with Gasteiger partial charge in [0.25, 0.3) is 0 Å². The fourth-order valence-corrected chi connectivity index (χ4v) is 2.38. The summed E-state index contributed by atoms with van der Waals surface area (Å²) in [5.41, 5.74) is 2.51. The summed E-state index contributed by atoms with van der Waals surface area (Å²) < 4.78 is 11.1. The Hall–Kier alpha value is -0.780. The monoisotopic (exact) mass is 254 g/mol. The Labute approximate surface area is 106 Å². The number of methoxy groups -OCH3 is 1. The Morgan fingerprint density at radius 1 is 1.29 bits per heavy atom. The van der Waals surface area contributed by atoms with E-state index in [1.807, 2.05) is 0 Å². The maximum Gasteiger partial charge on any atom is 0.133 e. The van der Waals surface area contributed by atoms with Gasteiger partial charge in [0.1, 0.15) is 10.5 Å². The molecule has 0 saturated carbocycles. The average Bonchev–Trinajstić information content (AvgIpc) is 2.77. The third-order valence-electron chi connectivity index (χ3n) is 2.92. The van der Waals surface area contributed by atoms with Gasteiger partial charge in [-0.15, -0.1) is 0 Å². The van der Waals surface area contributed by atoms with Gasteiger partial charge in [-0.2, -0.15) is 0 Å². The fraction of sp³-hybridized carbons (Fsp3) is 0.667. The molecule has 0 fully saturated rings. The predicted octanol–water partition coefficient (Wildman–Crippen LogP) is 1.83. The largest absolute Gasteiger partial charge is 0.382 e. The zero-order valence-corrected chi connectivity index (χ0v) is 10.9. The molecule has 0 aliphatic heterocycles. The van der Waals surface area contributed by atoms with Crippen LogP contribution in [0.1, 0.15) is 23.5 Å². The molecule has 0 atom stereocenters. The summed E-state index contributed by atoms with van der Waals surface area (Å²) in [4.78, 5) is 7.78. The van der Waals surface area contributed by atoms with Crippen LogP contribution in [0.15, 0.2) is 0 Å². The van der Waals surface area contributed by atoms with E-state index in [0.717, 1.165) is 29.7 Å². The molecule has 1 N–H and O–H groups in total. The molecule has 1 aromatic heterocycles. The van der Waals surface area contributed by atoms with Gasteiger partial charge >= 0.3 is 0 Å². The summed E-state index contributed by atoms with van der Waals surface area (Å²) in [6.07, 6.45) is 4.13. The summed E-state index contributed by atoms with van der Waals surface area (Å²) in [7, 11) is 1.67. The second-order valence-corrected chi connectivity index (χ2v) is 4.54. The number of aromatic amines is 1. The highest BCUT2D eigenvalue weighted by molar-refractivity contribution is 7.71. The van der Waals surface area contributed by atoms with Crippen molar-refractivity contribution in [3.63, 3.8) is 0 Å². The molecule has 0 amide bonds. The summed E-state index contributed by atoms with van der Waals surface area (Å²) in [6, 6.07) is 0. The van der Waals surface area contributed by atoms with Crippen LogP contribution < -0.4 is 0 Å². The minimum Gasteiger partial charge on any atom is -0.382 e. The zero-order valence-electron chi connectivity index (χ0n) is 10.1. The van der Waals surface area contributed by atoms with Crippen molar-refractivity contribution < 1.29 is 9.47 Å². The smallest absolute Gasteiger partial charge is 0.133 e.